The number of Topliss-reactive ketones (excluding diaryl/α,β-unsaturated/α-hetero) is 1. The maximum atomic E-state index is 12.1. The molecule has 0 bridgehead atoms. The number of hydrogen-bond acceptors (Lipinski definition) is 28. The molecule has 1 fully saturated rings. The molecule has 1 saturated heterocycles. The van der Waals surface area contributed by atoms with Crippen LogP contribution in [0.1, 0.15) is 141 Å². The molecule has 12 N–H and O–H groups in total. The fourth-order valence-corrected chi connectivity index (χ4v) is 15.9. The number of hydrogen-bond donors (Lipinski definition) is 11. The number of benzene rings is 9. The third-order valence-corrected chi connectivity index (χ3v) is 22.5. The Hall–Kier alpha value is -12.6. The van der Waals surface area contributed by atoms with Crippen molar-refractivity contribution in [1.29, 1.82) is 0 Å². The Balaban J connectivity index is 0.000000169. The summed E-state index contributed by atoms with van der Waals surface area (Å²) in [7, 11) is 14.3. The van der Waals surface area contributed by atoms with Crippen molar-refractivity contribution in [2.24, 2.45) is 5.73 Å². The van der Waals surface area contributed by atoms with Crippen LogP contribution in [-0.4, -0.2) is 207 Å². The van der Waals surface area contributed by atoms with Gasteiger partial charge in [0, 0.05) is 106 Å². The number of epoxide rings is 1. The average Bonchev–Trinajstić information content (AvgIpc) is 1.50. The van der Waals surface area contributed by atoms with Crippen LogP contribution in [0.25, 0.3) is 0 Å². The first-order chi connectivity index (χ1) is 62.9. The second-order valence-corrected chi connectivity index (χ2v) is 35.1. The summed E-state index contributed by atoms with van der Waals surface area (Å²) in [4.78, 5) is 60.7. The largest absolute Gasteiger partial charge is 0.497 e. The maximum absolute atomic E-state index is 12.1. The Bertz CT molecular complexity index is 5360. The molecule has 0 radical (unpaired) electrons. The first-order valence-corrected chi connectivity index (χ1v) is 43.2. The van der Waals surface area contributed by atoms with Gasteiger partial charge in [0.25, 0.3) is 23.6 Å². The zero-order chi connectivity index (χ0) is 95.4. The van der Waals surface area contributed by atoms with E-state index in [4.69, 9.17) is 76.8 Å². The summed E-state index contributed by atoms with van der Waals surface area (Å²) < 4.78 is 81.1. The Morgan fingerprint density at radius 2 is 0.727 bits per heavy atom. The summed E-state index contributed by atoms with van der Waals surface area (Å²) in [5.74, 6) is 7.67. The SMILES string of the molecule is COc1cc2c(c([C@@H]3CO3)c1)OCC(=O)N2.COc1ccc(CC(C)(C)N(C[C@H](O)c2cc(OC)cc3c2OCC(=O)C3)C[C@H](O)c2cc(OC)cc3c2OCC(=O)N3)cc1.COc1ccc(CC(C)(C)N)cc1.COc1ccc(CC(C)(C)NC(CO)c2cc(OC)cc3c2OCC(=O)N3)cc1.COc1ccc(CC(C)(C)NCC(O)c2cc(OC)cc3c2OCC(=O)N3)cc1. The second-order valence-electron chi connectivity index (χ2n) is 35.1. The predicted molar refractivity (Wildman–Crippen MR) is 499 cm³/mol. The summed E-state index contributed by atoms with van der Waals surface area (Å²) in [6.07, 6.45) is 0.289. The lowest BCUT2D eigenvalue weighted by atomic mass is 9.90. The molecule has 0 aliphatic carbocycles. The number of anilines is 4. The number of nitrogens with zero attached hydrogens (tertiary/aromatic N) is 1. The minimum Gasteiger partial charge on any atom is -0.497 e. The van der Waals surface area contributed by atoms with Crippen LogP contribution in [0.15, 0.2) is 158 Å². The van der Waals surface area contributed by atoms with Crippen molar-refractivity contribution >= 4 is 52.2 Å². The number of carbonyl (C=O) groups excluding carboxylic acids is 5. The van der Waals surface area contributed by atoms with Gasteiger partial charge in [-0.1, -0.05) is 48.5 Å². The van der Waals surface area contributed by atoms with Crippen LogP contribution in [0.5, 0.6) is 80.5 Å². The lowest BCUT2D eigenvalue weighted by Gasteiger charge is -2.41. The van der Waals surface area contributed by atoms with Gasteiger partial charge in [-0.2, -0.15) is 0 Å². The molecule has 6 heterocycles. The van der Waals surface area contributed by atoms with E-state index >= 15 is 0 Å². The van der Waals surface area contributed by atoms with Crippen molar-refractivity contribution in [2.75, 3.05) is 151 Å². The lowest BCUT2D eigenvalue weighted by Crippen LogP contribution is -2.49. The maximum Gasteiger partial charge on any atom is 0.262 e. The third-order valence-electron chi connectivity index (χ3n) is 22.5. The van der Waals surface area contributed by atoms with Gasteiger partial charge < -0.3 is 129 Å². The zero-order valence-corrected chi connectivity index (χ0v) is 78.0. The van der Waals surface area contributed by atoms with Crippen LogP contribution in [-0.2, 0) is 60.8 Å². The van der Waals surface area contributed by atoms with Crippen LogP contribution < -0.4 is 104 Å². The Morgan fingerprint density at radius 3 is 1.11 bits per heavy atom. The van der Waals surface area contributed by atoms with Crippen molar-refractivity contribution in [3.05, 3.63) is 213 Å². The number of methoxy groups -OCH3 is 9. The van der Waals surface area contributed by atoms with Gasteiger partial charge in [0.05, 0.1) is 124 Å². The number of nitrogens with one attached hydrogen (secondary N) is 6. The Kier molecular flexibility index (Phi) is 34.1. The van der Waals surface area contributed by atoms with Gasteiger partial charge in [0.2, 0.25) is 0 Å². The molecule has 0 aromatic heterocycles. The molecule has 708 valence electrons. The van der Waals surface area contributed by atoms with Crippen LogP contribution >= 0.6 is 0 Å². The van der Waals surface area contributed by atoms with Gasteiger partial charge in [-0.15, -0.1) is 0 Å². The number of ether oxygens (including phenoxy) is 15. The number of ketones is 1. The summed E-state index contributed by atoms with van der Waals surface area (Å²) >= 11 is 0. The quantitative estimate of drug-likeness (QED) is 0.0170. The number of rotatable bonds is 33. The van der Waals surface area contributed by atoms with E-state index in [2.05, 4.69) is 59.6 Å². The van der Waals surface area contributed by atoms with Gasteiger partial charge in [-0.25, -0.2) is 0 Å². The van der Waals surface area contributed by atoms with E-state index in [1.54, 1.807) is 98.3 Å². The van der Waals surface area contributed by atoms with Crippen LogP contribution in [0.4, 0.5) is 22.7 Å². The summed E-state index contributed by atoms with van der Waals surface area (Å²) in [6, 6.07) is 48.7. The zero-order valence-electron chi connectivity index (χ0n) is 78.0. The predicted octanol–water partition coefficient (Wildman–Crippen LogP) is 12.1. The molecule has 15 rings (SSSR count). The fourth-order valence-electron chi connectivity index (χ4n) is 15.9. The smallest absolute Gasteiger partial charge is 0.262 e. The molecule has 4 amide bonds. The van der Waals surface area contributed by atoms with Gasteiger partial charge >= 0.3 is 0 Å². The molecule has 32 nitrogen and oxygen atoms in total. The van der Waals surface area contributed by atoms with Crippen molar-refractivity contribution in [1.82, 2.24) is 15.5 Å². The molecular weight excluding hydrogens is 1700 g/mol. The lowest BCUT2D eigenvalue weighted by molar-refractivity contribution is -0.121. The average molecular weight is 1820 g/mol. The van der Waals surface area contributed by atoms with E-state index in [0.29, 0.717) is 122 Å². The summed E-state index contributed by atoms with van der Waals surface area (Å²) in [5.41, 5.74) is 15.2. The number of fused-ring (bicyclic) bond motifs is 5. The van der Waals surface area contributed by atoms with E-state index in [9.17, 15) is 44.4 Å². The molecule has 6 aliphatic heterocycles. The van der Waals surface area contributed by atoms with Crippen LogP contribution in [0.3, 0.4) is 0 Å². The van der Waals surface area contributed by atoms with Crippen molar-refractivity contribution in [3.8, 4) is 80.5 Å². The minimum absolute atomic E-state index is 0.0541. The molecule has 5 atom stereocenters. The first kappa shape index (κ1) is 99.9. The number of β-amino-alcohol motifs (C(OH)–C–C–N with tert-alkyl or cyclic N) is 3. The Morgan fingerprint density at radius 1 is 0.402 bits per heavy atom. The highest BCUT2D eigenvalue weighted by atomic mass is 16.6. The number of amides is 4. The Labute approximate surface area is 770 Å². The minimum atomic E-state index is -1.08. The third kappa shape index (κ3) is 27.5. The van der Waals surface area contributed by atoms with Gasteiger partial charge in [0.1, 0.15) is 93.2 Å². The standard InChI is InChI=1S/C34H40N2O9.2C22H28N2O5.C11H11NO4.C11H17NO/c1-34(2,15-20-6-8-23(41-3)9-7-20)36(16-29(38)26-12-24(42-4)11-21-10-22(37)18-44-32(21)26)17-30(39)27-13-25(43-5)14-28-33(27)45-19-31(40)35-28;1-22(2,11-14-5-7-15(27-3)8-6-14)24-19(12-25)17-9-16(28-4)10-18-21(17)29-13-20(26)23-18;1-22(2,11-14-5-7-15(27-3)8-6-14)23-12-19(25)17-9-16(28-4)10-18-21(17)29-13-20(26)24-18;1-14-6-2-7(9-4-15-9)11-8(3-6)12-10(13)5-16-11;1-11(2,12)8-9-4-6-10(13-3)7-5-9/h6-9,11-14,29-30,38-39H,10,15-19H2,1-5H3,(H,35,40);5-10,19,24-25H,11-13H2,1-4H3,(H,23,26);5-10,19,23,25H,11-13H2,1-4H3,(H,24,26);2-3,9H,4-5H2,1H3,(H,12,13);4-7H,8,12H2,1-3H3/t29-,30-;;;9-;/m0..0./s1. The van der Waals surface area contributed by atoms with Crippen molar-refractivity contribution in [2.45, 2.75) is 140 Å². The first-order valence-electron chi connectivity index (χ1n) is 43.2. The second kappa shape index (κ2) is 45.0. The number of nitrogens with two attached hydrogens (primary N) is 1. The van der Waals surface area contributed by atoms with Gasteiger partial charge in [-0.05, 0) is 188 Å². The van der Waals surface area contributed by atoms with Crippen molar-refractivity contribution in [3.63, 3.8) is 0 Å². The van der Waals surface area contributed by atoms with E-state index in [-0.39, 0.29) is 111 Å². The van der Waals surface area contributed by atoms with Crippen LogP contribution in [0.2, 0.25) is 0 Å². The molecule has 9 aromatic rings. The molecule has 32 heteroatoms. The molecule has 132 heavy (non-hydrogen) atoms. The fraction of sp³-hybridized carbons (Fsp3) is 0.410. The van der Waals surface area contributed by atoms with Crippen LogP contribution in [0, 0.1) is 0 Å². The molecule has 6 aliphatic rings. The highest BCUT2D eigenvalue weighted by Gasteiger charge is 2.38. The van der Waals surface area contributed by atoms with Crippen molar-refractivity contribution < 1.29 is 115 Å². The van der Waals surface area contributed by atoms with E-state index in [1.165, 1.54) is 25.3 Å². The number of aliphatic hydroxyl groups excluding tert-OH is 4. The molecular formula is C100H124N8O24. The summed E-state index contributed by atoms with van der Waals surface area (Å²) in [5, 5.41) is 62.5. The van der Waals surface area contributed by atoms with E-state index in [1.807, 2.05) is 142 Å². The summed E-state index contributed by atoms with van der Waals surface area (Å²) in [6.45, 7) is 17.2. The topological polar surface area (TPSA) is 409 Å². The normalized spacial score (nSPS) is 15.4. The van der Waals surface area contributed by atoms with Gasteiger partial charge in [0.15, 0.2) is 32.2 Å². The van der Waals surface area contributed by atoms with E-state index < -0.39 is 29.9 Å². The molecule has 0 spiro atoms. The highest BCUT2D eigenvalue weighted by Crippen LogP contribution is 2.47. The molecule has 0 saturated carbocycles. The molecule has 2 unspecified atom stereocenters. The van der Waals surface area contributed by atoms with E-state index in [0.717, 1.165) is 64.5 Å². The monoisotopic (exact) mass is 1820 g/mol. The molecule has 9 aromatic carbocycles. The number of carbonyl (C=O) groups is 5. The van der Waals surface area contributed by atoms with Gasteiger partial charge in [-0.3, -0.25) is 28.9 Å². The number of aliphatic hydroxyl groups is 4. The highest BCUT2D eigenvalue weighted by molar-refractivity contribution is 5.98.